The van der Waals surface area contributed by atoms with Gasteiger partial charge in [0.2, 0.25) is 16.9 Å². The topological polar surface area (TPSA) is 84.0 Å². The van der Waals surface area contributed by atoms with Crippen LogP contribution in [-0.2, 0) is 9.59 Å². The number of carbonyl (C=O) groups is 2. The quantitative estimate of drug-likeness (QED) is 0.743. The van der Waals surface area contributed by atoms with Gasteiger partial charge in [0, 0.05) is 16.5 Å². The minimum atomic E-state index is -0.617. The van der Waals surface area contributed by atoms with Crippen molar-refractivity contribution in [1.29, 1.82) is 0 Å². The van der Waals surface area contributed by atoms with Crippen molar-refractivity contribution in [2.45, 2.75) is 40.2 Å². The third kappa shape index (κ3) is 5.25. The minimum absolute atomic E-state index is 0.00183. The summed E-state index contributed by atoms with van der Waals surface area (Å²) in [4.78, 5) is 24.7. The van der Waals surface area contributed by atoms with E-state index in [9.17, 15) is 9.59 Å². The van der Waals surface area contributed by atoms with Crippen LogP contribution in [0.15, 0.2) is 24.3 Å². The molecule has 0 fully saturated rings. The Balaban J connectivity index is 2.12. The maximum atomic E-state index is 12.7. The average Bonchev–Trinajstić information content (AvgIpc) is 3.07. The van der Waals surface area contributed by atoms with E-state index >= 15 is 0 Å². The van der Waals surface area contributed by atoms with E-state index in [1.807, 2.05) is 26.0 Å². The van der Waals surface area contributed by atoms with E-state index in [1.165, 1.54) is 11.3 Å². The Morgan fingerprint density at radius 3 is 2.54 bits per heavy atom. The molecule has 140 valence electrons. The molecule has 0 spiro atoms. The lowest BCUT2D eigenvalue weighted by Gasteiger charge is -2.23. The van der Waals surface area contributed by atoms with Crippen molar-refractivity contribution in [3.05, 3.63) is 29.3 Å². The molecule has 1 heterocycles. The number of amides is 2. The lowest BCUT2D eigenvalue weighted by molar-refractivity contribution is -0.129. The molecule has 1 aromatic heterocycles. The van der Waals surface area contributed by atoms with Crippen LogP contribution in [0.5, 0.6) is 0 Å². The number of rotatable bonds is 7. The van der Waals surface area contributed by atoms with Crippen molar-refractivity contribution in [2.24, 2.45) is 11.8 Å². The van der Waals surface area contributed by atoms with Gasteiger partial charge >= 0.3 is 0 Å². The van der Waals surface area contributed by atoms with Gasteiger partial charge in [-0.15, -0.1) is 10.2 Å². The summed E-state index contributed by atoms with van der Waals surface area (Å²) in [5, 5.41) is 15.4. The maximum absolute atomic E-state index is 12.7. The van der Waals surface area contributed by atoms with Crippen molar-refractivity contribution >= 4 is 39.9 Å². The summed E-state index contributed by atoms with van der Waals surface area (Å²) >= 11 is 7.26. The Hall–Kier alpha value is -1.99. The SMILES string of the molecule is CCC(C)C(NC(=O)C(C)C)C(=O)Nc1nnc(-c2cccc(Cl)c2)s1. The van der Waals surface area contributed by atoms with E-state index < -0.39 is 6.04 Å². The zero-order valence-electron chi connectivity index (χ0n) is 15.2. The number of carbonyl (C=O) groups excluding carboxylic acids is 2. The first-order valence-electron chi connectivity index (χ1n) is 8.52. The van der Waals surface area contributed by atoms with Crippen LogP contribution in [0.1, 0.15) is 34.1 Å². The molecule has 1 aromatic carbocycles. The summed E-state index contributed by atoms with van der Waals surface area (Å²) in [7, 11) is 0. The number of hydrogen-bond donors (Lipinski definition) is 2. The van der Waals surface area contributed by atoms with Crippen LogP contribution >= 0.6 is 22.9 Å². The monoisotopic (exact) mass is 394 g/mol. The van der Waals surface area contributed by atoms with Gasteiger partial charge in [0.15, 0.2) is 0 Å². The average molecular weight is 395 g/mol. The predicted molar refractivity (Wildman–Crippen MR) is 105 cm³/mol. The molecule has 0 saturated carbocycles. The number of nitrogens with zero attached hydrogens (tertiary/aromatic N) is 2. The molecule has 0 aliphatic rings. The summed E-state index contributed by atoms with van der Waals surface area (Å²) < 4.78 is 0. The Kier molecular flexibility index (Phi) is 7.11. The standard InChI is InChI=1S/C18H23ClN4O2S/c1-5-11(4)14(20-15(24)10(2)3)16(25)21-18-23-22-17(26-18)12-7-6-8-13(19)9-12/h6-11,14H,5H2,1-4H3,(H,20,24)(H,21,23,25). The number of aromatic nitrogens is 2. The van der Waals surface area contributed by atoms with Crippen LogP contribution in [0.25, 0.3) is 10.6 Å². The molecule has 0 aliphatic carbocycles. The van der Waals surface area contributed by atoms with Crippen LogP contribution < -0.4 is 10.6 Å². The van der Waals surface area contributed by atoms with Gasteiger partial charge in [0.1, 0.15) is 11.0 Å². The first-order chi connectivity index (χ1) is 12.3. The molecular formula is C18H23ClN4O2S. The Bertz CT molecular complexity index is 778. The highest BCUT2D eigenvalue weighted by molar-refractivity contribution is 7.18. The van der Waals surface area contributed by atoms with Gasteiger partial charge in [-0.05, 0) is 18.1 Å². The second-order valence-electron chi connectivity index (χ2n) is 6.44. The van der Waals surface area contributed by atoms with Gasteiger partial charge < -0.3 is 5.32 Å². The number of anilines is 1. The summed E-state index contributed by atoms with van der Waals surface area (Å²) in [5.41, 5.74) is 0.835. The van der Waals surface area contributed by atoms with Gasteiger partial charge in [-0.2, -0.15) is 0 Å². The van der Waals surface area contributed by atoms with Crippen LogP contribution in [0, 0.1) is 11.8 Å². The van der Waals surface area contributed by atoms with Crippen LogP contribution in [-0.4, -0.2) is 28.1 Å². The Labute approximate surface area is 162 Å². The second kappa shape index (κ2) is 9.09. The maximum Gasteiger partial charge on any atom is 0.249 e. The minimum Gasteiger partial charge on any atom is -0.344 e. The summed E-state index contributed by atoms with van der Waals surface area (Å²) in [6.07, 6.45) is 0.764. The summed E-state index contributed by atoms with van der Waals surface area (Å²) in [5.74, 6) is -0.632. The van der Waals surface area contributed by atoms with E-state index in [2.05, 4.69) is 20.8 Å². The molecular weight excluding hydrogens is 372 g/mol. The third-order valence-corrected chi connectivity index (χ3v) is 5.17. The lowest BCUT2D eigenvalue weighted by atomic mass is 9.97. The predicted octanol–water partition coefficient (Wildman–Crippen LogP) is 3.98. The fourth-order valence-electron chi connectivity index (χ4n) is 2.22. The van der Waals surface area contributed by atoms with E-state index in [0.29, 0.717) is 15.2 Å². The fourth-order valence-corrected chi connectivity index (χ4v) is 3.15. The second-order valence-corrected chi connectivity index (χ2v) is 7.85. The van der Waals surface area contributed by atoms with Crippen LogP contribution in [0.3, 0.4) is 0 Å². The van der Waals surface area contributed by atoms with Crippen molar-refractivity contribution in [3.8, 4) is 10.6 Å². The number of halogens is 1. The van der Waals surface area contributed by atoms with Gasteiger partial charge in [-0.25, -0.2) is 0 Å². The highest BCUT2D eigenvalue weighted by Gasteiger charge is 2.27. The van der Waals surface area contributed by atoms with Crippen molar-refractivity contribution in [2.75, 3.05) is 5.32 Å². The molecule has 0 aliphatic heterocycles. The highest BCUT2D eigenvalue weighted by atomic mass is 35.5. The number of hydrogen-bond acceptors (Lipinski definition) is 5. The fraction of sp³-hybridized carbons (Fsp3) is 0.444. The number of benzene rings is 1. The molecule has 0 bridgehead atoms. The zero-order chi connectivity index (χ0) is 19.3. The first-order valence-corrected chi connectivity index (χ1v) is 9.72. The lowest BCUT2D eigenvalue weighted by Crippen LogP contribution is -2.48. The van der Waals surface area contributed by atoms with E-state index in [4.69, 9.17) is 11.6 Å². The molecule has 26 heavy (non-hydrogen) atoms. The van der Waals surface area contributed by atoms with E-state index in [1.54, 1.807) is 26.0 Å². The molecule has 2 unspecified atom stereocenters. The van der Waals surface area contributed by atoms with Crippen molar-refractivity contribution in [1.82, 2.24) is 15.5 Å². The molecule has 6 nitrogen and oxygen atoms in total. The van der Waals surface area contributed by atoms with Gasteiger partial charge in [0.25, 0.3) is 0 Å². The smallest absolute Gasteiger partial charge is 0.249 e. The van der Waals surface area contributed by atoms with Gasteiger partial charge in [0.05, 0.1) is 0 Å². The molecule has 2 rings (SSSR count). The molecule has 2 N–H and O–H groups in total. The van der Waals surface area contributed by atoms with E-state index in [-0.39, 0.29) is 23.7 Å². The molecule has 0 saturated heterocycles. The molecule has 0 radical (unpaired) electrons. The van der Waals surface area contributed by atoms with Crippen molar-refractivity contribution < 1.29 is 9.59 Å². The van der Waals surface area contributed by atoms with Gasteiger partial charge in [-0.1, -0.05) is 69.2 Å². The molecule has 2 atom stereocenters. The van der Waals surface area contributed by atoms with E-state index in [0.717, 1.165) is 12.0 Å². The number of nitrogens with one attached hydrogen (secondary N) is 2. The Morgan fingerprint density at radius 2 is 1.92 bits per heavy atom. The highest BCUT2D eigenvalue weighted by Crippen LogP contribution is 2.28. The van der Waals surface area contributed by atoms with Crippen molar-refractivity contribution in [3.63, 3.8) is 0 Å². The van der Waals surface area contributed by atoms with Crippen LogP contribution in [0.2, 0.25) is 5.02 Å². The van der Waals surface area contributed by atoms with Gasteiger partial charge in [-0.3, -0.25) is 14.9 Å². The zero-order valence-corrected chi connectivity index (χ0v) is 16.8. The largest absolute Gasteiger partial charge is 0.344 e. The summed E-state index contributed by atoms with van der Waals surface area (Å²) in [6.45, 7) is 7.50. The Morgan fingerprint density at radius 1 is 1.19 bits per heavy atom. The van der Waals surface area contributed by atoms with Crippen LogP contribution in [0.4, 0.5) is 5.13 Å². The molecule has 2 aromatic rings. The first kappa shape index (κ1) is 20.3. The molecule has 8 heteroatoms. The normalized spacial score (nSPS) is 13.3. The third-order valence-electron chi connectivity index (χ3n) is 4.04. The molecule has 2 amide bonds. The summed E-state index contributed by atoms with van der Waals surface area (Å²) in [6, 6.07) is 6.66.